The first-order valence-corrected chi connectivity index (χ1v) is 14.0. The van der Waals surface area contributed by atoms with Crippen molar-refractivity contribution in [1.29, 1.82) is 0 Å². The number of furan rings is 1. The van der Waals surface area contributed by atoms with Crippen molar-refractivity contribution in [3.8, 4) is 17.3 Å². The number of aromatic nitrogens is 6. The SMILES string of the molecule is CCOc1ccc(N2CCN(CCn3c(=O)n(CC4CC4)c4c3nc(N)n3nc(-c5ccco5)nc43)CC2)cc1. The van der Waals surface area contributed by atoms with Gasteiger partial charge in [0.15, 0.2) is 17.1 Å². The van der Waals surface area contributed by atoms with E-state index in [1.54, 1.807) is 23.0 Å². The molecule has 0 spiro atoms. The molecule has 0 bridgehead atoms. The van der Waals surface area contributed by atoms with Gasteiger partial charge < -0.3 is 19.8 Å². The third-order valence-corrected chi connectivity index (χ3v) is 7.86. The molecule has 0 atom stereocenters. The molecule has 0 unspecified atom stereocenters. The molecular formula is C28H33N9O3. The van der Waals surface area contributed by atoms with Crippen LogP contribution in [0, 0.1) is 5.92 Å². The molecule has 1 aliphatic carbocycles. The predicted molar refractivity (Wildman–Crippen MR) is 152 cm³/mol. The van der Waals surface area contributed by atoms with E-state index in [2.05, 4.69) is 32.0 Å². The number of nitrogen functional groups attached to an aromatic ring is 1. The van der Waals surface area contributed by atoms with E-state index in [0.29, 0.717) is 54.0 Å². The van der Waals surface area contributed by atoms with Crippen LogP contribution < -0.4 is 21.1 Å². The van der Waals surface area contributed by atoms with Gasteiger partial charge in [-0.15, -0.1) is 5.10 Å². The van der Waals surface area contributed by atoms with Crippen LogP contribution in [0.3, 0.4) is 0 Å². The van der Waals surface area contributed by atoms with Gasteiger partial charge in [0.05, 0.1) is 12.9 Å². The van der Waals surface area contributed by atoms with E-state index in [-0.39, 0.29) is 11.6 Å². The van der Waals surface area contributed by atoms with Crippen molar-refractivity contribution in [3.63, 3.8) is 0 Å². The first kappa shape index (κ1) is 24.7. The highest BCUT2D eigenvalue weighted by Gasteiger charge is 2.28. The Labute approximate surface area is 230 Å². The fourth-order valence-corrected chi connectivity index (χ4v) is 5.53. The van der Waals surface area contributed by atoms with Crippen molar-refractivity contribution in [1.82, 2.24) is 33.6 Å². The number of nitrogens with two attached hydrogens (primary N) is 1. The minimum atomic E-state index is -0.0718. The van der Waals surface area contributed by atoms with Gasteiger partial charge in [-0.3, -0.25) is 14.0 Å². The van der Waals surface area contributed by atoms with Gasteiger partial charge in [0.1, 0.15) is 11.3 Å². The molecule has 208 valence electrons. The lowest BCUT2D eigenvalue weighted by Gasteiger charge is -2.36. The van der Waals surface area contributed by atoms with E-state index in [4.69, 9.17) is 19.9 Å². The Morgan fingerprint density at radius 2 is 1.80 bits per heavy atom. The molecular weight excluding hydrogens is 510 g/mol. The molecule has 12 nitrogen and oxygen atoms in total. The van der Waals surface area contributed by atoms with Crippen LogP contribution in [0.5, 0.6) is 5.75 Å². The zero-order chi connectivity index (χ0) is 27.2. The third kappa shape index (κ3) is 4.47. The van der Waals surface area contributed by atoms with Crippen LogP contribution in [0.1, 0.15) is 19.8 Å². The smallest absolute Gasteiger partial charge is 0.330 e. The van der Waals surface area contributed by atoms with Crippen LogP contribution in [0.15, 0.2) is 51.9 Å². The van der Waals surface area contributed by atoms with Gasteiger partial charge in [-0.25, -0.2) is 9.78 Å². The van der Waals surface area contributed by atoms with Crippen LogP contribution >= 0.6 is 0 Å². The molecule has 1 aromatic carbocycles. The lowest BCUT2D eigenvalue weighted by atomic mass is 10.2. The number of benzene rings is 1. The van der Waals surface area contributed by atoms with E-state index in [1.165, 1.54) is 10.2 Å². The molecule has 1 saturated heterocycles. The zero-order valence-corrected chi connectivity index (χ0v) is 22.6. The number of hydrogen-bond donors (Lipinski definition) is 1. The monoisotopic (exact) mass is 543 g/mol. The molecule has 1 aliphatic heterocycles. The standard InChI is InChI=1S/C28H33N9O3/c1-2-39-21-9-7-20(8-10-21)34-14-11-33(12-15-34)13-16-35-25-23(36(28(35)38)18-19-5-6-19)26-30-24(22-4-3-17-40-22)32-37(26)27(29)31-25/h3-4,7-10,17,19H,2,5-6,11-16,18H2,1H3,(H2,29,31). The van der Waals surface area contributed by atoms with E-state index < -0.39 is 0 Å². The van der Waals surface area contributed by atoms with Crippen LogP contribution in [0.2, 0.25) is 0 Å². The number of anilines is 2. The summed E-state index contributed by atoms with van der Waals surface area (Å²) in [6.07, 6.45) is 3.83. The molecule has 5 heterocycles. The highest BCUT2D eigenvalue weighted by molar-refractivity contribution is 5.88. The highest BCUT2D eigenvalue weighted by Crippen LogP contribution is 2.32. The first-order chi connectivity index (χ1) is 19.6. The third-order valence-electron chi connectivity index (χ3n) is 7.86. The molecule has 2 N–H and O–H groups in total. The van der Waals surface area contributed by atoms with Gasteiger partial charge in [-0.05, 0) is 62.1 Å². The molecule has 12 heteroatoms. The lowest BCUT2D eigenvalue weighted by molar-refractivity contribution is 0.247. The number of rotatable bonds is 9. The van der Waals surface area contributed by atoms with Crippen molar-refractivity contribution in [2.45, 2.75) is 32.9 Å². The summed E-state index contributed by atoms with van der Waals surface area (Å²) in [6, 6.07) is 11.9. The molecule has 2 fully saturated rings. The number of ether oxygens (including phenoxy) is 1. The van der Waals surface area contributed by atoms with Crippen molar-refractivity contribution in [3.05, 3.63) is 53.1 Å². The zero-order valence-electron chi connectivity index (χ0n) is 22.6. The lowest BCUT2D eigenvalue weighted by Crippen LogP contribution is -2.47. The molecule has 0 radical (unpaired) electrons. The van der Waals surface area contributed by atoms with Crippen LogP contribution in [0.25, 0.3) is 28.4 Å². The molecule has 5 aromatic rings. The van der Waals surface area contributed by atoms with Gasteiger partial charge in [0.25, 0.3) is 0 Å². The second-order valence-electron chi connectivity index (χ2n) is 10.5. The summed E-state index contributed by atoms with van der Waals surface area (Å²) in [5.74, 6) is 2.53. The van der Waals surface area contributed by atoms with Crippen molar-refractivity contribution in [2.75, 3.05) is 50.0 Å². The number of nitrogens with zero attached hydrogens (tertiary/aromatic N) is 8. The molecule has 40 heavy (non-hydrogen) atoms. The van der Waals surface area contributed by atoms with E-state index in [0.717, 1.165) is 51.3 Å². The molecule has 2 aliphatic rings. The Hall–Kier alpha value is -4.32. The fourth-order valence-electron chi connectivity index (χ4n) is 5.53. The number of piperazine rings is 1. The van der Waals surface area contributed by atoms with Gasteiger partial charge in [0, 0.05) is 51.5 Å². The molecule has 1 saturated carbocycles. The Morgan fingerprint density at radius 3 is 2.50 bits per heavy atom. The average Bonchev–Trinajstić information content (AvgIpc) is 3.33. The Morgan fingerprint density at radius 1 is 1.00 bits per heavy atom. The van der Waals surface area contributed by atoms with E-state index in [1.807, 2.05) is 23.6 Å². The van der Waals surface area contributed by atoms with Crippen molar-refractivity contribution < 1.29 is 9.15 Å². The normalized spacial score (nSPS) is 16.4. The molecule has 7 rings (SSSR count). The summed E-state index contributed by atoms with van der Waals surface area (Å²) in [7, 11) is 0. The van der Waals surface area contributed by atoms with Crippen molar-refractivity contribution in [2.24, 2.45) is 5.92 Å². The van der Waals surface area contributed by atoms with Gasteiger partial charge in [-0.2, -0.15) is 9.50 Å². The Kier molecular flexibility index (Phi) is 6.18. The number of fused-ring (bicyclic) bond motifs is 3. The maximum Gasteiger partial charge on any atom is 0.330 e. The van der Waals surface area contributed by atoms with Crippen LogP contribution in [-0.4, -0.2) is 72.9 Å². The van der Waals surface area contributed by atoms with Gasteiger partial charge in [0.2, 0.25) is 11.8 Å². The van der Waals surface area contributed by atoms with E-state index >= 15 is 0 Å². The Bertz CT molecular complexity index is 1690. The Balaban J connectivity index is 1.13. The largest absolute Gasteiger partial charge is 0.494 e. The number of hydrogen-bond acceptors (Lipinski definition) is 9. The van der Waals surface area contributed by atoms with Crippen LogP contribution in [0.4, 0.5) is 11.6 Å². The summed E-state index contributed by atoms with van der Waals surface area (Å²) in [5, 5.41) is 4.52. The molecule has 4 aromatic heterocycles. The minimum Gasteiger partial charge on any atom is -0.494 e. The first-order valence-electron chi connectivity index (χ1n) is 14.0. The average molecular weight is 544 g/mol. The van der Waals surface area contributed by atoms with E-state index in [9.17, 15) is 4.79 Å². The second-order valence-corrected chi connectivity index (χ2v) is 10.5. The van der Waals surface area contributed by atoms with Gasteiger partial charge >= 0.3 is 5.69 Å². The summed E-state index contributed by atoms with van der Waals surface area (Å²) >= 11 is 0. The topological polar surface area (TPSA) is 125 Å². The van der Waals surface area contributed by atoms with Crippen LogP contribution in [-0.2, 0) is 13.1 Å². The number of imidazole rings is 1. The summed E-state index contributed by atoms with van der Waals surface area (Å²) in [5.41, 5.74) is 9.22. The molecule has 0 amide bonds. The second kappa shape index (κ2) is 10.0. The summed E-state index contributed by atoms with van der Waals surface area (Å²) < 4.78 is 16.2. The van der Waals surface area contributed by atoms with Crippen molar-refractivity contribution >= 4 is 28.4 Å². The summed E-state index contributed by atoms with van der Waals surface area (Å²) in [6.45, 7) is 8.25. The fraction of sp³-hybridized carbons (Fsp3) is 0.429. The summed E-state index contributed by atoms with van der Waals surface area (Å²) in [4.78, 5) is 27.9. The minimum absolute atomic E-state index is 0.0718. The van der Waals surface area contributed by atoms with Gasteiger partial charge in [-0.1, -0.05) is 0 Å². The highest BCUT2D eigenvalue weighted by atomic mass is 16.5. The maximum atomic E-state index is 13.8. The predicted octanol–water partition coefficient (Wildman–Crippen LogP) is 2.71. The maximum absolute atomic E-state index is 13.8. The quantitative estimate of drug-likeness (QED) is 0.299.